The van der Waals surface area contributed by atoms with Crippen LogP contribution in [0.25, 0.3) is 0 Å². The zero-order valence-corrected chi connectivity index (χ0v) is 10.5. The molecule has 0 radical (unpaired) electrons. The molecule has 1 aliphatic heterocycles. The van der Waals surface area contributed by atoms with Crippen LogP contribution in [0.3, 0.4) is 0 Å². The smallest absolute Gasteiger partial charge is 0.0419 e. The molecule has 1 aliphatic rings. The molecule has 2 N–H and O–H groups in total. The molecule has 1 aromatic carbocycles. The molecule has 1 fully saturated rings. The second-order valence-corrected chi connectivity index (χ2v) is 5.14. The summed E-state index contributed by atoms with van der Waals surface area (Å²) < 4.78 is 0. The van der Waals surface area contributed by atoms with E-state index < -0.39 is 0 Å². The van der Waals surface area contributed by atoms with Gasteiger partial charge in [0.05, 0.1) is 0 Å². The van der Waals surface area contributed by atoms with Crippen molar-refractivity contribution >= 4 is 11.4 Å². The molecule has 88 valence electrons. The zero-order valence-electron chi connectivity index (χ0n) is 10.5. The van der Waals surface area contributed by atoms with Gasteiger partial charge in [-0.05, 0) is 43.4 Å². The average molecular weight is 218 g/mol. The molecule has 0 spiro atoms. The Morgan fingerprint density at radius 1 is 1.38 bits per heavy atom. The van der Waals surface area contributed by atoms with Gasteiger partial charge in [0, 0.05) is 24.0 Å². The van der Waals surface area contributed by atoms with Crippen molar-refractivity contribution in [1.29, 1.82) is 0 Å². The highest BCUT2D eigenvalue weighted by Crippen LogP contribution is 2.33. The largest absolute Gasteiger partial charge is 0.398 e. The maximum atomic E-state index is 5.98. The predicted octanol–water partition coefficient (Wildman–Crippen LogP) is 3.20. The Morgan fingerprint density at radius 3 is 2.81 bits per heavy atom. The average Bonchev–Trinajstić information content (AvgIpc) is 2.70. The van der Waals surface area contributed by atoms with Crippen LogP contribution in [0.5, 0.6) is 0 Å². The van der Waals surface area contributed by atoms with E-state index in [4.69, 9.17) is 5.73 Å². The lowest BCUT2D eigenvalue weighted by Gasteiger charge is -2.31. The molecule has 0 saturated carbocycles. The molecular formula is C14H22N2. The fourth-order valence-electron chi connectivity index (χ4n) is 2.74. The van der Waals surface area contributed by atoms with Gasteiger partial charge in [0.25, 0.3) is 0 Å². The van der Waals surface area contributed by atoms with E-state index in [-0.39, 0.29) is 0 Å². The summed E-state index contributed by atoms with van der Waals surface area (Å²) in [4.78, 5) is 2.54. The van der Waals surface area contributed by atoms with E-state index in [1.165, 1.54) is 30.6 Å². The van der Waals surface area contributed by atoms with E-state index in [9.17, 15) is 0 Å². The number of rotatable bonds is 2. The summed E-state index contributed by atoms with van der Waals surface area (Å²) in [6.07, 6.45) is 2.61. The number of hydrogen-bond acceptors (Lipinski definition) is 2. The molecule has 0 bridgehead atoms. The normalized spacial score (nSPS) is 20.8. The third-order valence-electron chi connectivity index (χ3n) is 3.73. The second-order valence-electron chi connectivity index (χ2n) is 5.14. The lowest BCUT2D eigenvalue weighted by atomic mass is 10.0. The summed E-state index contributed by atoms with van der Waals surface area (Å²) >= 11 is 0. The molecule has 2 nitrogen and oxygen atoms in total. The van der Waals surface area contributed by atoms with Crippen molar-refractivity contribution in [1.82, 2.24) is 0 Å². The van der Waals surface area contributed by atoms with Crippen LogP contribution in [0.4, 0.5) is 11.4 Å². The van der Waals surface area contributed by atoms with Crippen LogP contribution in [0, 0.1) is 12.8 Å². The second kappa shape index (κ2) is 4.36. The molecule has 16 heavy (non-hydrogen) atoms. The summed E-state index contributed by atoms with van der Waals surface area (Å²) in [6, 6.07) is 6.93. The van der Waals surface area contributed by atoms with Crippen LogP contribution < -0.4 is 10.6 Å². The molecule has 0 aromatic heterocycles. The Bertz CT molecular complexity index is 371. The molecule has 1 heterocycles. The molecule has 1 saturated heterocycles. The zero-order chi connectivity index (χ0) is 11.7. The van der Waals surface area contributed by atoms with Crippen LogP contribution in [0.2, 0.25) is 0 Å². The first-order valence-electron chi connectivity index (χ1n) is 6.23. The van der Waals surface area contributed by atoms with Gasteiger partial charge in [0.2, 0.25) is 0 Å². The number of nitrogen functional groups attached to an aromatic ring is 1. The van der Waals surface area contributed by atoms with Crippen LogP contribution in [-0.2, 0) is 0 Å². The van der Waals surface area contributed by atoms with Crippen molar-refractivity contribution in [3.8, 4) is 0 Å². The van der Waals surface area contributed by atoms with Crippen molar-refractivity contribution < 1.29 is 0 Å². The summed E-state index contributed by atoms with van der Waals surface area (Å²) in [5.41, 5.74) is 9.45. The van der Waals surface area contributed by atoms with Gasteiger partial charge in [-0.3, -0.25) is 0 Å². The van der Waals surface area contributed by atoms with Gasteiger partial charge in [-0.1, -0.05) is 19.9 Å². The Kier molecular flexibility index (Phi) is 3.08. The highest BCUT2D eigenvalue weighted by molar-refractivity contribution is 5.65. The van der Waals surface area contributed by atoms with E-state index in [0.29, 0.717) is 12.0 Å². The van der Waals surface area contributed by atoms with Crippen molar-refractivity contribution in [2.45, 2.75) is 39.7 Å². The van der Waals surface area contributed by atoms with E-state index >= 15 is 0 Å². The minimum Gasteiger partial charge on any atom is -0.398 e. The minimum absolute atomic E-state index is 0.681. The molecule has 1 aromatic rings. The van der Waals surface area contributed by atoms with Gasteiger partial charge < -0.3 is 10.6 Å². The molecular weight excluding hydrogens is 196 g/mol. The fraction of sp³-hybridized carbons (Fsp3) is 0.571. The first-order chi connectivity index (χ1) is 7.61. The van der Waals surface area contributed by atoms with E-state index in [1.807, 2.05) is 6.07 Å². The summed E-state index contributed by atoms with van der Waals surface area (Å²) in [6.45, 7) is 7.92. The number of hydrogen-bond donors (Lipinski definition) is 1. The van der Waals surface area contributed by atoms with Crippen molar-refractivity contribution in [3.05, 3.63) is 23.8 Å². The van der Waals surface area contributed by atoms with Gasteiger partial charge in [0.1, 0.15) is 0 Å². The highest BCUT2D eigenvalue weighted by atomic mass is 15.2. The molecule has 1 unspecified atom stereocenters. The van der Waals surface area contributed by atoms with Gasteiger partial charge in [-0.2, -0.15) is 0 Å². The lowest BCUT2D eigenvalue weighted by molar-refractivity contribution is 0.491. The van der Waals surface area contributed by atoms with Gasteiger partial charge in [0.15, 0.2) is 0 Å². The molecule has 0 amide bonds. The monoisotopic (exact) mass is 218 g/mol. The van der Waals surface area contributed by atoms with Gasteiger partial charge in [-0.25, -0.2) is 0 Å². The van der Waals surface area contributed by atoms with Crippen LogP contribution in [0.15, 0.2) is 18.2 Å². The van der Waals surface area contributed by atoms with E-state index in [0.717, 1.165) is 5.69 Å². The van der Waals surface area contributed by atoms with Gasteiger partial charge >= 0.3 is 0 Å². The van der Waals surface area contributed by atoms with Crippen molar-refractivity contribution in [2.75, 3.05) is 17.2 Å². The SMILES string of the molecule is Cc1c(N)cccc1N1CCCC1C(C)C. The van der Waals surface area contributed by atoms with Crippen LogP contribution >= 0.6 is 0 Å². The summed E-state index contributed by atoms with van der Waals surface area (Å²) in [5, 5.41) is 0. The fourth-order valence-corrected chi connectivity index (χ4v) is 2.74. The van der Waals surface area contributed by atoms with Gasteiger partial charge in [-0.15, -0.1) is 0 Å². The Balaban J connectivity index is 2.33. The number of nitrogens with zero attached hydrogens (tertiary/aromatic N) is 1. The quantitative estimate of drug-likeness (QED) is 0.772. The summed E-state index contributed by atoms with van der Waals surface area (Å²) in [5.74, 6) is 0.711. The topological polar surface area (TPSA) is 29.3 Å². The number of nitrogens with two attached hydrogens (primary N) is 1. The maximum absolute atomic E-state index is 5.98. The lowest BCUT2D eigenvalue weighted by Crippen LogP contribution is -2.33. The molecule has 2 heteroatoms. The van der Waals surface area contributed by atoms with Crippen LogP contribution in [0.1, 0.15) is 32.3 Å². The Hall–Kier alpha value is -1.18. The first-order valence-corrected chi connectivity index (χ1v) is 6.23. The number of benzene rings is 1. The minimum atomic E-state index is 0.681. The third kappa shape index (κ3) is 1.89. The first kappa shape index (κ1) is 11.3. The highest BCUT2D eigenvalue weighted by Gasteiger charge is 2.28. The Labute approximate surface area is 98.4 Å². The van der Waals surface area contributed by atoms with E-state index in [1.54, 1.807) is 0 Å². The maximum Gasteiger partial charge on any atom is 0.0419 e. The molecule has 1 atom stereocenters. The molecule has 0 aliphatic carbocycles. The summed E-state index contributed by atoms with van der Waals surface area (Å²) in [7, 11) is 0. The number of anilines is 2. The van der Waals surface area contributed by atoms with Crippen molar-refractivity contribution in [3.63, 3.8) is 0 Å². The Morgan fingerprint density at radius 2 is 2.12 bits per heavy atom. The van der Waals surface area contributed by atoms with Crippen molar-refractivity contribution in [2.24, 2.45) is 5.92 Å². The van der Waals surface area contributed by atoms with Crippen LogP contribution in [-0.4, -0.2) is 12.6 Å². The third-order valence-corrected chi connectivity index (χ3v) is 3.73. The predicted molar refractivity (Wildman–Crippen MR) is 70.8 cm³/mol. The van der Waals surface area contributed by atoms with E-state index in [2.05, 4.69) is 37.8 Å². The molecule has 2 rings (SSSR count). The standard InChI is InChI=1S/C14H22N2/c1-10(2)13-8-5-9-16(13)14-7-4-6-12(15)11(14)3/h4,6-7,10,13H,5,8-9,15H2,1-3H3.